The normalized spacial score (nSPS) is 22.6. The van der Waals surface area contributed by atoms with Crippen molar-refractivity contribution >= 4 is 5.91 Å². The maximum atomic E-state index is 13.2. The number of carbonyl (C=O) groups excluding carboxylic acids is 1. The van der Waals surface area contributed by atoms with Crippen LogP contribution in [-0.2, 0) is 4.74 Å². The molecule has 2 rings (SSSR count). The summed E-state index contributed by atoms with van der Waals surface area (Å²) in [6.07, 6.45) is 3.37. The summed E-state index contributed by atoms with van der Waals surface area (Å²) in [6, 6.07) is 4.29. The number of amides is 1. The van der Waals surface area contributed by atoms with Crippen molar-refractivity contribution in [1.29, 1.82) is 0 Å². The molecule has 0 unspecified atom stereocenters. The first-order valence-corrected chi connectivity index (χ1v) is 7.22. The van der Waals surface area contributed by atoms with Gasteiger partial charge < -0.3 is 10.1 Å². The fourth-order valence-electron chi connectivity index (χ4n) is 2.68. The van der Waals surface area contributed by atoms with E-state index >= 15 is 0 Å². The molecule has 20 heavy (non-hydrogen) atoms. The van der Waals surface area contributed by atoms with E-state index in [0.717, 1.165) is 31.4 Å². The lowest BCUT2D eigenvalue weighted by Gasteiger charge is -2.27. The Morgan fingerprint density at radius 1 is 1.50 bits per heavy atom. The van der Waals surface area contributed by atoms with Crippen LogP contribution in [0.1, 0.15) is 42.1 Å². The lowest BCUT2D eigenvalue weighted by molar-refractivity contribution is 0.00109. The van der Waals surface area contributed by atoms with Crippen molar-refractivity contribution in [3.05, 3.63) is 35.1 Å². The van der Waals surface area contributed by atoms with Crippen LogP contribution >= 0.6 is 0 Å². The smallest absolute Gasteiger partial charge is 0.251 e. The van der Waals surface area contributed by atoms with Gasteiger partial charge in [0.15, 0.2) is 0 Å². The molecular weight excluding hydrogens is 257 g/mol. The standard InChI is InChI=1S/C16H22FNO2/c1-11-3-4-14(17)10-15(11)16(19)18-7-5-13-6-8-20-12(2)9-13/h3-4,10,12-13H,5-9H2,1-2H3,(H,18,19)/t12-,13-/m0/s1. The number of hydrogen-bond acceptors (Lipinski definition) is 2. The Hall–Kier alpha value is -1.42. The molecule has 1 amide bonds. The lowest BCUT2D eigenvalue weighted by Crippen LogP contribution is -2.29. The number of benzene rings is 1. The lowest BCUT2D eigenvalue weighted by atomic mass is 9.93. The van der Waals surface area contributed by atoms with Gasteiger partial charge in [0.05, 0.1) is 6.10 Å². The summed E-state index contributed by atoms with van der Waals surface area (Å²) in [5, 5.41) is 2.88. The zero-order valence-corrected chi connectivity index (χ0v) is 12.1. The highest BCUT2D eigenvalue weighted by molar-refractivity contribution is 5.95. The number of carbonyl (C=O) groups is 1. The summed E-state index contributed by atoms with van der Waals surface area (Å²) in [6.45, 7) is 5.34. The molecule has 1 heterocycles. The number of nitrogens with one attached hydrogen (secondary N) is 1. The van der Waals surface area contributed by atoms with Gasteiger partial charge in [0.25, 0.3) is 5.91 Å². The maximum Gasteiger partial charge on any atom is 0.251 e. The number of hydrogen-bond donors (Lipinski definition) is 1. The predicted octanol–water partition coefficient (Wildman–Crippen LogP) is 3.07. The zero-order valence-electron chi connectivity index (χ0n) is 12.1. The van der Waals surface area contributed by atoms with Gasteiger partial charge in [0.2, 0.25) is 0 Å². The molecule has 1 aliphatic rings. The molecule has 0 saturated carbocycles. The summed E-state index contributed by atoms with van der Waals surface area (Å²) in [5.41, 5.74) is 1.22. The van der Waals surface area contributed by atoms with Gasteiger partial charge in [-0.25, -0.2) is 4.39 Å². The average molecular weight is 279 g/mol. The minimum Gasteiger partial charge on any atom is -0.378 e. The van der Waals surface area contributed by atoms with Crippen LogP contribution in [0.5, 0.6) is 0 Å². The van der Waals surface area contributed by atoms with Crippen molar-refractivity contribution in [2.24, 2.45) is 5.92 Å². The minimum atomic E-state index is -0.376. The molecule has 1 aromatic carbocycles. The molecular formula is C16H22FNO2. The van der Waals surface area contributed by atoms with Crippen molar-refractivity contribution in [3.8, 4) is 0 Å². The predicted molar refractivity (Wildman–Crippen MR) is 76.2 cm³/mol. The molecule has 0 aliphatic carbocycles. The first-order valence-electron chi connectivity index (χ1n) is 7.22. The molecule has 110 valence electrons. The van der Waals surface area contributed by atoms with Crippen LogP contribution in [0.3, 0.4) is 0 Å². The third-order valence-corrected chi connectivity index (χ3v) is 3.88. The highest BCUT2D eigenvalue weighted by Crippen LogP contribution is 2.22. The van der Waals surface area contributed by atoms with Gasteiger partial charge in [0.1, 0.15) is 5.82 Å². The second-order valence-corrected chi connectivity index (χ2v) is 5.58. The van der Waals surface area contributed by atoms with E-state index in [2.05, 4.69) is 12.2 Å². The van der Waals surface area contributed by atoms with Crippen LogP contribution in [0, 0.1) is 18.7 Å². The van der Waals surface area contributed by atoms with E-state index in [1.165, 1.54) is 12.1 Å². The fraction of sp³-hybridized carbons (Fsp3) is 0.562. The quantitative estimate of drug-likeness (QED) is 0.920. The van der Waals surface area contributed by atoms with E-state index in [-0.39, 0.29) is 11.7 Å². The van der Waals surface area contributed by atoms with Gasteiger partial charge in [-0.15, -0.1) is 0 Å². The molecule has 1 N–H and O–H groups in total. The molecule has 4 heteroatoms. The molecule has 0 radical (unpaired) electrons. The summed E-state index contributed by atoms with van der Waals surface area (Å²) in [7, 11) is 0. The summed E-state index contributed by atoms with van der Waals surface area (Å²) in [5.74, 6) is 0.0359. The topological polar surface area (TPSA) is 38.3 Å². The molecule has 1 saturated heterocycles. The van der Waals surface area contributed by atoms with E-state index in [9.17, 15) is 9.18 Å². The fourth-order valence-corrected chi connectivity index (χ4v) is 2.68. The van der Waals surface area contributed by atoms with Crippen LogP contribution in [-0.4, -0.2) is 25.2 Å². The zero-order chi connectivity index (χ0) is 14.5. The number of rotatable bonds is 4. The molecule has 0 bridgehead atoms. The molecule has 0 spiro atoms. The Balaban J connectivity index is 1.81. The van der Waals surface area contributed by atoms with E-state index < -0.39 is 0 Å². The van der Waals surface area contributed by atoms with Gasteiger partial charge in [0, 0.05) is 18.7 Å². The molecule has 1 aromatic rings. The third kappa shape index (κ3) is 4.04. The van der Waals surface area contributed by atoms with E-state index in [1.54, 1.807) is 6.07 Å². The Morgan fingerprint density at radius 2 is 2.30 bits per heavy atom. The number of aryl methyl sites for hydroxylation is 1. The number of halogens is 1. The highest BCUT2D eigenvalue weighted by atomic mass is 19.1. The van der Waals surface area contributed by atoms with Gasteiger partial charge in [-0.1, -0.05) is 6.07 Å². The Morgan fingerprint density at radius 3 is 3.05 bits per heavy atom. The van der Waals surface area contributed by atoms with Gasteiger partial charge in [-0.2, -0.15) is 0 Å². The Bertz CT molecular complexity index is 476. The monoisotopic (exact) mass is 279 g/mol. The van der Waals surface area contributed by atoms with E-state index in [4.69, 9.17) is 4.74 Å². The van der Waals surface area contributed by atoms with Crippen LogP contribution in [0.25, 0.3) is 0 Å². The largest absolute Gasteiger partial charge is 0.378 e. The average Bonchev–Trinajstić information content (AvgIpc) is 2.41. The Kier molecular flexibility index (Phi) is 5.12. The summed E-state index contributed by atoms with van der Waals surface area (Å²) in [4.78, 5) is 12.0. The van der Waals surface area contributed by atoms with Crippen molar-refractivity contribution in [3.63, 3.8) is 0 Å². The van der Waals surface area contributed by atoms with Crippen molar-refractivity contribution in [2.75, 3.05) is 13.2 Å². The minimum absolute atomic E-state index is 0.192. The first kappa shape index (κ1) is 15.0. The van der Waals surface area contributed by atoms with Crippen molar-refractivity contribution in [1.82, 2.24) is 5.32 Å². The van der Waals surface area contributed by atoms with E-state index in [1.807, 2.05) is 6.92 Å². The third-order valence-electron chi connectivity index (χ3n) is 3.88. The maximum absolute atomic E-state index is 13.2. The second kappa shape index (κ2) is 6.84. The molecule has 3 nitrogen and oxygen atoms in total. The summed E-state index contributed by atoms with van der Waals surface area (Å²) < 4.78 is 18.7. The molecule has 2 atom stereocenters. The van der Waals surface area contributed by atoms with E-state index in [0.29, 0.717) is 24.1 Å². The first-order chi connectivity index (χ1) is 9.56. The highest BCUT2D eigenvalue weighted by Gasteiger charge is 2.19. The SMILES string of the molecule is Cc1ccc(F)cc1C(=O)NCC[C@H]1CCO[C@@H](C)C1. The van der Waals surface area contributed by atoms with Gasteiger partial charge in [-0.3, -0.25) is 4.79 Å². The summed E-state index contributed by atoms with van der Waals surface area (Å²) >= 11 is 0. The van der Waals surface area contributed by atoms with Crippen molar-refractivity contribution in [2.45, 2.75) is 39.2 Å². The van der Waals surface area contributed by atoms with Crippen LogP contribution < -0.4 is 5.32 Å². The Labute approximate surface area is 119 Å². The van der Waals surface area contributed by atoms with Crippen LogP contribution in [0.2, 0.25) is 0 Å². The number of ether oxygens (including phenoxy) is 1. The van der Waals surface area contributed by atoms with Gasteiger partial charge in [-0.05, 0) is 56.7 Å². The second-order valence-electron chi connectivity index (χ2n) is 5.58. The molecule has 1 fully saturated rings. The van der Waals surface area contributed by atoms with Crippen LogP contribution in [0.4, 0.5) is 4.39 Å². The van der Waals surface area contributed by atoms with Crippen LogP contribution in [0.15, 0.2) is 18.2 Å². The molecule has 1 aliphatic heterocycles. The van der Waals surface area contributed by atoms with Crippen molar-refractivity contribution < 1.29 is 13.9 Å². The molecule has 0 aromatic heterocycles. The van der Waals surface area contributed by atoms with Gasteiger partial charge >= 0.3 is 0 Å².